The average Bonchev–Trinajstić information content (AvgIpc) is 2.66. The molecule has 0 heterocycles. The predicted octanol–water partition coefficient (Wildman–Crippen LogP) is 8.26. The van der Waals surface area contributed by atoms with Gasteiger partial charge in [0.25, 0.3) is 0 Å². The first-order chi connectivity index (χ1) is 13.9. The largest absolute Gasteiger partial charge is 0.0724 e. The molecule has 0 aliphatic heterocycles. The topological polar surface area (TPSA) is 0 Å². The van der Waals surface area contributed by atoms with Crippen molar-refractivity contribution in [3.05, 3.63) is 67.9 Å². The van der Waals surface area contributed by atoms with Crippen molar-refractivity contribution in [2.45, 2.75) is 81.6 Å². The molecule has 0 radical (unpaired) electrons. The molecule has 3 fully saturated rings. The first-order valence-corrected chi connectivity index (χ1v) is 12.2. The van der Waals surface area contributed by atoms with E-state index in [1.165, 1.54) is 19.3 Å². The van der Waals surface area contributed by atoms with Crippen LogP contribution < -0.4 is 0 Å². The van der Waals surface area contributed by atoms with E-state index in [9.17, 15) is 0 Å². The molecule has 0 aromatic heterocycles. The minimum Gasteiger partial charge on any atom is -0.0724 e. The first kappa shape index (κ1) is 19.1. The molecule has 0 amide bonds. The van der Waals surface area contributed by atoms with Gasteiger partial charge in [-0.05, 0) is 113 Å². The summed E-state index contributed by atoms with van der Waals surface area (Å²) in [5.41, 5.74) is 17.5. The molecule has 0 heteroatoms. The highest BCUT2D eigenvalue weighted by molar-refractivity contribution is 5.73. The van der Waals surface area contributed by atoms with Gasteiger partial charge in [-0.2, -0.15) is 0 Å². The van der Waals surface area contributed by atoms with Crippen molar-refractivity contribution >= 4 is 0 Å². The van der Waals surface area contributed by atoms with Crippen LogP contribution >= 0.6 is 0 Å². The van der Waals surface area contributed by atoms with Gasteiger partial charge in [-0.3, -0.25) is 0 Å². The monoisotopic (exact) mass is 398 g/mol. The van der Waals surface area contributed by atoms with Gasteiger partial charge in [0.15, 0.2) is 0 Å². The van der Waals surface area contributed by atoms with Gasteiger partial charge in [0.05, 0.1) is 0 Å². The third-order valence-corrected chi connectivity index (χ3v) is 10.8. The molecule has 0 aromatic carbocycles. The van der Waals surface area contributed by atoms with Crippen LogP contribution in [0.25, 0.3) is 0 Å². The second kappa shape index (κ2) is 5.25. The van der Waals surface area contributed by atoms with Gasteiger partial charge in [0, 0.05) is 0 Å². The lowest BCUT2D eigenvalue weighted by Gasteiger charge is -2.58. The first-order valence-electron chi connectivity index (χ1n) is 12.2. The fourth-order valence-electron chi connectivity index (χ4n) is 8.11. The summed E-state index contributed by atoms with van der Waals surface area (Å²) in [4.78, 5) is 0. The fourth-order valence-corrected chi connectivity index (χ4v) is 8.11. The van der Waals surface area contributed by atoms with Crippen LogP contribution in [-0.4, -0.2) is 0 Å². The van der Waals surface area contributed by atoms with Crippen molar-refractivity contribution in [2.75, 3.05) is 0 Å². The van der Waals surface area contributed by atoms with Crippen LogP contribution in [0.5, 0.6) is 0 Å². The molecule has 3 unspecified atom stereocenters. The molecule has 158 valence electrons. The maximum atomic E-state index is 2.68. The van der Waals surface area contributed by atoms with Crippen LogP contribution in [0.2, 0.25) is 0 Å². The van der Waals surface area contributed by atoms with Gasteiger partial charge < -0.3 is 0 Å². The van der Waals surface area contributed by atoms with Gasteiger partial charge >= 0.3 is 0 Å². The fraction of sp³-hybridized carbons (Fsp3) is 0.600. The molecular formula is C30H38. The maximum Gasteiger partial charge on any atom is -0.00233 e. The summed E-state index contributed by atoms with van der Waals surface area (Å²) in [5.74, 6) is 2.12. The highest BCUT2D eigenvalue weighted by Gasteiger charge is 2.55. The van der Waals surface area contributed by atoms with E-state index in [4.69, 9.17) is 0 Å². The van der Waals surface area contributed by atoms with Crippen molar-refractivity contribution < 1.29 is 0 Å². The molecule has 0 saturated heterocycles. The molecule has 0 N–H and O–H groups in total. The number of rotatable bonds is 2. The van der Waals surface area contributed by atoms with Gasteiger partial charge in [-0.25, -0.2) is 0 Å². The Kier molecular flexibility index (Phi) is 3.35. The van der Waals surface area contributed by atoms with Crippen LogP contribution in [0.4, 0.5) is 0 Å². The molecule has 9 rings (SSSR count). The highest BCUT2D eigenvalue weighted by Crippen LogP contribution is 2.67. The van der Waals surface area contributed by atoms with E-state index < -0.39 is 0 Å². The minimum absolute atomic E-state index is 0.324. The van der Waals surface area contributed by atoms with E-state index in [1.54, 1.807) is 55.7 Å². The van der Waals surface area contributed by atoms with Gasteiger partial charge in [-0.15, -0.1) is 0 Å². The molecule has 6 bridgehead atoms. The van der Waals surface area contributed by atoms with E-state index in [2.05, 4.69) is 74.5 Å². The Hall–Kier alpha value is -1.56. The lowest BCUT2D eigenvalue weighted by Crippen LogP contribution is -2.46. The predicted molar refractivity (Wildman–Crippen MR) is 127 cm³/mol. The summed E-state index contributed by atoms with van der Waals surface area (Å²) >= 11 is 0. The molecule has 0 aromatic rings. The van der Waals surface area contributed by atoms with Crippen molar-refractivity contribution in [3.63, 3.8) is 0 Å². The Morgan fingerprint density at radius 2 is 1.07 bits per heavy atom. The molecule has 9 aliphatic carbocycles. The maximum absolute atomic E-state index is 2.68. The number of hydrogen-bond donors (Lipinski definition) is 0. The second-order valence-corrected chi connectivity index (χ2v) is 12.8. The van der Waals surface area contributed by atoms with Crippen LogP contribution in [0.15, 0.2) is 67.9 Å². The second-order valence-electron chi connectivity index (χ2n) is 12.8. The molecule has 30 heavy (non-hydrogen) atoms. The smallest absolute Gasteiger partial charge is 0.00233 e. The Labute approximate surface area is 183 Å². The van der Waals surface area contributed by atoms with Gasteiger partial charge in [0.2, 0.25) is 0 Å². The van der Waals surface area contributed by atoms with E-state index in [1.807, 2.05) is 0 Å². The molecule has 3 saturated carbocycles. The highest BCUT2D eigenvalue weighted by atomic mass is 14.6. The quantitative estimate of drug-likeness (QED) is 0.439. The van der Waals surface area contributed by atoms with Crippen molar-refractivity contribution in [3.8, 4) is 0 Å². The lowest BCUT2D eigenvalue weighted by molar-refractivity contribution is 0.187. The summed E-state index contributed by atoms with van der Waals surface area (Å²) in [7, 11) is 0. The van der Waals surface area contributed by atoms with Crippen LogP contribution in [0.1, 0.15) is 81.6 Å². The number of allylic oxidation sites excluding steroid dienone is 12. The Balaban J connectivity index is 1.57. The number of hydrogen-bond acceptors (Lipinski definition) is 0. The van der Waals surface area contributed by atoms with Crippen LogP contribution in [0, 0.1) is 34.0 Å². The third kappa shape index (κ3) is 1.92. The van der Waals surface area contributed by atoms with Gasteiger partial charge in [-0.1, -0.05) is 70.4 Å². The normalized spacial score (nSPS) is 36.8. The molecular weight excluding hydrogens is 360 g/mol. The summed E-state index contributed by atoms with van der Waals surface area (Å²) in [5, 5.41) is 0. The van der Waals surface area contributed by atoms with Crippen molar-refractivity contribution in [2.24, 2.45) is 34.0 Å². The average molecular weight is 399 g/mol. The third-order valence-electron chi connectivity index (χ3n) is 10.8. The Morgan fingerprint density at radius 1 is 0.600 bits per heavy atom. The number of fused-ring (bicyclic) bond motifs is 5. The van der Waals surface area contributed by atoms with Crippen LogP contribution in [-0.2, 0) is 0 Å². The SMILES string of the molecule is CC1=C2CC(C=C1C1=C(C3=CC4CC(=C3C)C4(C)C)C3CC(=C1C)C3(C)C)C2(C)C. The van der Waals surface area contributed by atoms with E-state index in [0.717, 1.165) is 11.8 Å². The standard InChI is InChI=1S/C30H38/c1-15-20(10-18-12-22(15)28(18,4)5)26-17(3)24-14-25(30(24,8)9)27(26)21-11-19-13-23(16(21)2)29(19,6)7/h10-11,18-19,25H,12-14H2,1-9H3. The zero-order valence-electron chi connectivity index (χ0n) is 20.5. The Bertz CT molecular complexity index is 1110. The van der Waals surface area contributed by atoms with Gasteiger partial charge in [0.1, 0.15) is 0 Å². The molecule has 3 atom stereocenters. The summed E-state index contributed by atoms with van der Waals surface area (Å²) in [6, 6.07) is 0. The van der Waals surface area contributed by atoms with E-state index in [0.29, 0.717) is 22.2 Å². The van der Waals surface area contributed by atoms with E-state index in [-0.39, 0.29) is 0 Å². The zero-order valence-corrected chi connectivity index (χ0v) is 20.5. The molecule has 0 spiro atoms. The van der Waals surface area contributed by atoms with Crippen molar-refractivity contribution in [1.82, 2.24) is 0 Å². The van der Waals surface area contributed by atoms with Crippen LogP contribution in [0.3, 0.4) is 0 Å². The summed E-state index contributed by atoms with van der Waals surface area (Å²) < 4.78 is 0. The zero-order chi connectivity index (χ0) is 21.5. The van der Waals surface area contributed by atoms with E-state index >= 15 is 0 Å². The van der Waals surface area contributed by atoms with Crippen molar-refractivity contribution in [1.29, 1.82) is 0 Å². The minimum atomic E-state index is 0.324. The lowest BCUT2D eigenvalue weighted by atomic mass is 9.46. The Morgan fingerprint density at radius 3 is 1.50 bits per heavy atom. The summed E-state index contributed by atoms with van der Waals surface area (Å²) in [6.07, 6.45) is 9.21. The molecule has 0 nitrogen and oxygen atoms in total. The molecule has 9 aliphatic rings. The summed E-state index contributed by atoms with van der Waals surface area (Å²) in [6.45, 7) is 22.1.